The summed E-state index contributed by atoms with van der Waals surface area (Å²) in [5.74, 6) is -1.60. The van der Waals surface area contributed by atoms with Crippen molar-refractivity contribution in [2.75, 3.05) is 22.9 Å². The molecule has 0 saturated heterocycles. The zero-order valence-electron chi connectivity index (χ0n) is 20.0. The number of methoxy groups -OCH3 is 1. The summed E-state index contributed by atoms with van der Waals surface area (Å²) in [6.45, 7) is 2.02. The molecule has 8 nitrogen and oxygen atoms in total. The van der Waals surface area contributed by atoms with Gasteiger partial charge >= 0.3 is 6.18 Å². The molecule has 0 spiro atoms. The normalized spacial score (nSPS) is 15.1. The molecule has 1 fully saturated rings. The molecule has 0 atom stereocenters. The minimum atomic E-state index is -4.87. The van der Waals surface area contributed by atoms with Crippen LogP contribution in [-0.2, 0) is 16.4 Å². The number of anilines is 2. The summed E-state index contributed by atoms with van der Waals surface area (Å²) in [5.41, 5.74) is 3.11. The highest BCUT2D eigenvalue weighted by molar-refractivity contribution is 7.92. The number of hydrogen-bond donors (Lipinski definition) is 2. The van der Waals surface area contributed by atoms with E-state index in [4.69, 9.17) is 9.72 Å². The van der Waals surface area contributed by atoms with Crippen LogP contribution in [0.25, 0.3) is 22.0 Å². The molecule has 4 rings (SSSR count). The maximum atomic E-state index is 12.5. The molecule has 1 saturated carbocycles. The molecule has 0 amide bonds. The Kier molecular flexibility index (Phi) is 7.53. The van der Waals surface area contributed by atoms with Crippen molar-refractivity contribution in [2.24, 2.45) is 0 Å². The molecule has 0 aliphatic heterocycles. The predicted molar refractivity (Wildman–Crippen MR) is 133 cm³/mol. The standard InChI is InChI=1S/C24H28F3N5O3S/c1-3-15-11-16(12-17-13-28-23(31-21(15)17)29-18-7-5-4-6-8-18)19-9-10-20(30-22(19)35-2)32-36(33,34)14-24(25,26)27/h9-13,18H,3-8,14H2,1-2H3,(H,30,32)(H,28,29,31). The van der Waals surface area contributed by atoms with Gasteiger partial charge in [0.1, 0.15) is 5.82 Å². The molecule has 3 aromatic rings. The molecule has 2 aromatic heterocycles. The van der Waals surface area contributed by atoms with Crippen molar-refractivity contribution in [3.63, 3.8) is 0 Å². The van der Waals surface area contributed by atoms with Crippen molar-refractivity contribution in [1.29, 1.82) is 0 Å². The minimum absolute atomic E-state index is 0.0696. The topological polar surface area (TPSA) is 106 Å². The predicted octanol–water partition coefficient (Wildman–Crippen LogP) is 5.31. The third-order valence-corrected chi connectivity index (χ3v) is 7.29. The Hall–Kier alpha value is -3.15. The van der Waals surface area contributed by atoms with E-state index in [2.05, 4.69) is 15.3 Å². The highest BCUT2D eigenvalue weighted by Crippen LogP contribution is 2.34. The Balaban J connectivity index is 1.64. The smallest absolute Gasteiger partial charge is 0.404 e. The van der Waals surface area contributed by atoms with Crippen LogP contribution in [0.2, 0.25) is 0 Å². The Labute approximate surface area is 207 Å². The summed E-state index contributed by atoms with van der Waals surface area (Å²) in [4.78, 5) is 13.3. The second kappa shape index (κ2) is 10.5. The largest absolute Gasteiger partial charge is 0.480 e. The molecular weight excluding hydrogens is 495 g/mol. The van der Waals surface area contributed by atoms with Crippen LogP contribution in [0.5, 0.6) is 5.88 Å². The molecule has 2 N–H and O–H groups in total. The number of aromatic nitrogens is 3. The lowest BCUT2D eigenvalue weighted by molar-refractivity contribution is -0.106. The number of aryl methyl sites for hydroxylation is 1. The fraction of sp³-hybridized carbons (Fsp3) is 0.458. The van der Waals surface area contributed by atoms with E-state index in [1.807, 2.05) is 23.8 Å². The van der Waals surface area contributed by atoms with Gasteiger partial charge in [-0.25, -0.2) is 18.4 Å². The third-order valence-electron chi connectivity index (χ3n) is 6.06. The lowest BCUT2D eigenvalue weighted by Gasteiger charge is -2.22. The van der Waals surface area contributed by atoms with Gasteiger partial charge in [-0.1, -0.05) is 26.2 Å². The molecular formula is C24H28F3N5O3S. The van der Waals surface area contributed by atoms with Crippen molar-refractivity contribution < 1.29 is 26.3 Å². The van der Waals surface area contributed by atoms with Crippen LogP contribution < -0.4 is 14.8 Å². The van der Waals surface area contributed by atoms with E-state index >= 15 is 0 Å². The van der Waals surface area contributed by atoms with Gasteiger partial charge in [-0.2, -0.15) is 18.2 Å². The van der Waals surface area contributed by atoms with Gasteiger partial charge in [0.15, 0.2) is 5.75 Å². The van der Waals surface area contributed by atoms with Gasteiger partial charge in [0.2, 0.25) is 21.9 Å². The van der Waals surface area contributed by atoms with Gasteiger partial charge in [-0.15, -0.1) is 0 Å². The van der Waals surface area contributed by atoms with Crippen LogP contribution in [0.4, 0.5) is 24.9 Å². The van der Waals surface area contributed by atoms with Gasteiger partial charge in [0, 0.05) is 23.2 Å². The van der Waals surface area contributed by atoms with Gasteiger partial charge < -0.3 is 10.1 Å². The minimum Gasteiger partial charge on any atom is -0.480 e. The highest BCUT2D eigenvalue weighted by Gasteiger charge is 2.35. The van der Waals surface area contributed by atoms with Crippen molar-refractivity contribution in [1.82, 2.24) is 15.0 Å². The second-order valence-electron chi connectivity index (χ2n) is 8.83. The Morgan fingerprint density at radius 3 is 2.53 bits per heavy atom. The van der Waals surface area contributed by atoms with Crippen molar-refractivity contribution in [3.8, 4) is 17.0 Å². The maximum Gasteiger partial charge on any atom is 0.404 e. The van der Waals surface area contributed by atoms with Crippen LogP contribution in [0.1, 0.15) is 44.6 Å². The first kappa shape index (κ1) is 25.9. The highest BCUT2D eigenvalue weighted by atomic mass is 32.2. The summed E-state index contributed by atoms with van der Waals surface area (Å²) in [7, 11) is -3.31. The third kappa shape index (κ3) is 6.34. The number of fused-ring (bicyclic) bond motifs is 1. The number of alkyl halides is 3. The van der Waals surface area contributed by atoms with E-state index < -0.39 is 22.0 Å². The number of sulfonamides is 1. The quantitative estimate of drug-likeness (QED) is 0.412. The molecule has 0 unspecified atom stereocenters. The van der Waals surface area contributed by atoms with E-state index in [9.17, 15) is 21.6 Å². The molecule has 0 radical (unpaired) electrons. The molecule has 1 aliphatic carbocycles. The number of halogens is 3. The van der Waals surface area contributed by atoms with Crippen molar-refractivity contribution in [3.05, 3.63) is 36.0 Å². The number of pyridine rings is 1. The molecule has 0 bridgehead atoms. The van der Waals surface area contributed by atoms with E-state index in [0.29, 0.717) is 24.0 Å². The molecule has 194 valence electrons. The van der Waals surface area contributed by atoms with Crippen molar-refractivity contribution in [2.45, 2.75) is 57.7 Å². The fourth-order valence-electron chi connectivity index (χ4n) is 4.43. The summed E-state index contributed by atoms with van der Waals surface area (Å²) < 4.78 is 68.5. The molecule has 36 heavy (non-hydrogen) atoms. The summed E-state index contributed by atoms with van der Waals surface area (Å²) in [5, 5.41) is 4.26. The number of ether oxygens (including phenoxy) is 1. The van der Waals surface area contributed by atoms with Crippen LogP contribution in [0, 0.1) is 0 Å². The average molecular weight is 524 g/mol. The van der Waals surface area contributed by atoms with Gasteiger partial charge in [-0.3, -0.25) is 4.72 Å². The first-order chi connectivity index (χ1) is 17.1. The number of nitrogens with zero attached hydrogens (tertiary/aromatic N) is 3. The Morgan fingerprint density at radius 1 is 1.11 bits per heavy atom. The number of benzene rings is 1. The number of hydrogen-bond acceptors (Lipinski definition) is 7. The maximum absolute atomic E-state index is 12.5. The lowest BCUT2D eigenvalue weighted by Crippen LogP contribution is -2.28. The van der Waals surface area contributed by atoms with E-state index in [1.54, 1.807) is 12.3 Å². The molecule has 1 aliphatic rings. The van der Waals surface area contributed by atoms with Crippen molar-refractivity contribution >= 4 is 32.7 Å². The van der Waals surface area contributed by atoms with E-state index in [-0.39, 0.29) is 11.7 Å². The van der Waals surface area contributed by atoms with E-state index in [1.165, 1.54) is 32.4 Å². The number of nitrogens with one attached hydrogen (secondary N) is 2. The van der Waals surface area contributed by atoms with E-state index in [0.717, 1.165) is 34.9 Å². The van der Waals surface area contributed by atoms with Gasteiger partial charge in [0.25, 0.3) is 0 Å². The van der Waals surface area contributed by atoms with Crippen LogP contribution in [0.15, 0.2) is 30.5 Å². The Morgan fingerprint density at radius 2 is 1.86 bits per heavy atom. The van der Waals surface area contributed by atoms with Gasteiger partial charge in [-0.05, 0) is 54.7 Å². The Bertz CT molecular complexity index is 1340. The van der Waals surface area contributed by atoms with Crippen LogP contribution in [0.3, 0.4) is 0 Å². The first-order valence-corrected chi connectivity index (χ1v) is 13.4. The van der Waals surface area contributed by atoms with Crippen LogP contribution in [-0.4, -0.2) is 48.5 Å². The monoisotopic (exact) mass is 523 g/mol. The summed E-state index contributed by atoms with van der Waals surface area (Å²) >= 11 is 0. The lowest BCUT2D eigenvalue weighted by atomic mass is 9.96. The molecule has 2 heterocycles. The zero-order valence-corrected chi connectivity index (χ0v) is 20.8. The fourth-order valence-corrected chi connectivity index (χ4v) is 5.36. The molecule has 12 heteroatoms. The second-order valence-corrected chi connectivity index (χ2v) is 10.6. The summed E-state index contributed by atoms with van der Waals surface area (Å²) in [6, 6.07) is 7.06. The SMILES string of the molecule is CCc1cc(-c2ccc(NS(=O)(=O)CC(F)(F)F)nc2OC)cc2cnc(NC3CCCCC3)nc12. The molecule has 1 aromatic carbocycles. The zero-order chi connectivity index (χ0) is 25.9. The summed E-state index contributed by atoms with van der Waals surface area (Å²) in [6.07, 6.45) is 3.47. The van der Waals surface area contributed by atoms with Crippen LogP contribution >= 0.6 is 0 Å². The first-order valence-electron chi connectivity index (χ1n) is 11.8. The van der Waals surface area contributed by atoms with Gasteiger partial charge in [0.05, 0.1) is 12.6 Å². The number of rotatable bonds is 8. The average Bonchev–Trinajstić information content (AvgIpc) is 2.82.